The Bertz CT molecular complexity index is 1430. The van der Waals surface area contributed by atoms with Crippen molar-refractivity contribution in [1.29, 1.82) is 5.26 Å². The number of alkyl halides is 3. The van der Waals surface area contributed by atoms with Crippen molar-refractivity contribution >= 4 is 33.6 Å². The molecule has 32 heavy (non-hydrogen) atoms. The Kier molecular flexibility index (Phi) is 5.55. The zero-order valence-corrected chi connectivity index (χ0v) is 17.3. The highest BCUT2D eigenvalue weighted by Crippen LogP contribution is 2.34. The summed E-state index contributed by atoms with van der Waals surface area (Å²) >= 11 is 1.30. The van der Waals surface area contributed by atoms with Crippen LogP contribution in [0.5, 0.6) is 0 Å². The van der Waals surface area contributed by atoms with E-state index in [2.05, 4.69) is 16.4 Å². The largest absolute Gasteiger partial charge is 0.423 e. The highest BCUT2D eigenvalue weighted by molar-refractivity contribution is 7.11. The first kappa shape index (κ1) is 21.3. The van der Waals surface area contributed by atoms with Crippen LogP contribution in [-0.2, 0) is 6.18 Å². The Hall–Kier alpha value is -3.90. The smallest absolute Gasteiger partial charge is 0.417 e. The van der Waals surface area contributed by atoms with E-state index in [-0.39, 0.29) is 16.5 Å². The molecule has 0 spiro atoms. The molecular formula is C23H14F3N3O2S. The third kappa shape index (κ3) is 4.40. The van der Waals surface area contributed by atoms with Crippen LogP contribution < -0.4 is 10.9 Å². The van der Waals surface area contributed by atoms with E-state index < -0.39 is 17.4 Å². The number of fused-ring (bicyclic) bond motifs is 1. The number of hydrogen-bond donors (Lipinski definition) is 1. The fraction of sp³-hybridized carbons (Fsp3) is 0.0870. The summed E-state index contributed by atoms with van der Waals surface area (Å²) in [6.45, 7) is 1.99. The molecule has 0 saturated carbocycles. The molecule has 0 amide bonds. The van der Waals surface area contributed by atoms with Gasteiger partial charge in [0.05, 0.1) is 11.3 Å². The summed E-state index contributed by atoms with van der Waals surface area (Å²) in [5.41, 5.74) is 1.02. The van der Waals surface area contributed by atoms with Crippen LogP contribution in [-0.4, -0.2) is 4.98 Å². The fourth-order valence-electron chi connectivity index (χ4n) is 3.04. The first-order valence-electron chi connectivity index (χ1n) is 9.29. The number of nitriles is 1. The van der Waals surface area contributed by atoms with Gasteiger partial charge in [0.1, 0.15) is 22.2 Å². The number of rotatable bonds is 4. The van der Waals surface area contributed by atoms with Crippen LogP contribution >= 0.6 is 11.3 Å². The average Bonchev–Trinajstić information content (AvgIpc) is 3.23. The molecule has 0 fully saturated rings. The summed E-state index contributed by atoms with van der Waals surface area (Å²) in [6, 6.07) is 14.2. The third-order valence-electron chi connectivity index (χ3n) is 4.64. The standard InChI is InChI=1S/C23H14F3N3O2S/c1-13-2-4-14(5-3-13)19-12-32-22(29-19)15(10-27)11-28-16-6-7-17-18(23(24,25)26)9-21(30)31-20(17)8-16/h2-9,11-12,28H,1H3. The van der Waals surface area contributed by atoms with E-state index in [1.165, 1.54) is 35.7 Å². The number of halogens is 3. The minimum absolute atomic E-state index is 0.211. The molecule has 2 aromatic carbocycles. The quantitative estimate of drug-likeness (QED) is 0.293. The summed E-state index contributed by atoms with van der Waals surface area (Å²) in [6.07, 6.45) is -3.28. The van der Waals surface area contributed by atoms with Gasteiger partial charge in [-0.3, -0.25) is 0 Å². The number of aromatic nitrogens is 1. The fourth-order valence-corrected chi connectivity index (χ4v) is 3.83. The number of benzene rings is 2. The predicted molar refractivity (Wildman–Crippen MR) is 117 cm³/mol. The van der Waals surface area contributed by atoms with Gasteiger partial charge in [0.15, 0.2) is 0 Å². The van der Waals surface area contributed by atoms with Crippen LogP contribution in [0.4, 0.5) is 18.9 Å². The second-order valence-corrected chi connectivity index (χ2v) is 7.76. The molecule has 5 nitrogen and oxygen atoms in total. The third-order valence-corrected chi connectivity index (χ3v) is 5.51. The maximum Gasteiger partial charge on any atom is 0.417 e. The molecule has 0 aliphatic heterocycles. The lowest BCUT2D eigenvalue weighted by Gasteiger charge is -2.10. The van der Waals surface area contributed by atoms with E-state index in [1.807, 2.05) is 36.6 Å². The van der Waals surface area contributed by atoms with Crippen LogP contribution in [0.15, 0.2) is 69.3 Å². The molecular weight excluding hydrogens is 439 g/mol. The number of nitrogens with one attached hydrogen (secondary N) is 1. The summed E-state index contributed by atoms with van der Waals surface area (Å²) < 4.78 is 44.5. The second kappa shape index (κ2) is 8.32. The van der Waals surface area contributed by atoms with Crippen molar-refractivity contribution in [3.63, 3.8) is 0 Å². The molecule has 9 heteroatoms. The first-order chi connectivity index (χ1) is 15.2. The zero-order chi connectivity index (χ0) is 22.9. The number of aryl methyl sites for hydroxylation is 1. The number of anilines is 1. The zero-order valence-electron chi connectivity index (χ0n) is 16.5. The summed E-state index contributed by atoms with van der Waals surface area (Å²) in [4.78, 5) is 16.0. The molecule has 1 N–H and O–H groups in total. The molecule has 160 valence electrons. The molecule has 4 rings (SSSR count). The van der Waals surface area contributed by atoms with Gasteiger partial charge in [-0.2, -0.15) is 18.4 Å². The van der Waals surface area contributed by atoms with Gasteiger partial charge in [0, 0.05) is 40.3 Å². The maximum absolute atomic E-state index is 13.2. The lowest BCUT2D eigenvalue weighted by atomic mass is 10.1. The van der Waals surface area contributed by atoms with Crippen molar-refractivity contribution in [2.45, 2.75) is 13.1 Å². The molecule has 2 heterocycles. The monoisotopic (exact) mass is 453 g/mol. The van der Waals surface area contributed by atoms with Gasteiger partial charge in [0.25, 0.3) is 0 Å². The lowest BCUT2D eigenvalue weighted by molar-refractivity contribution is -0.136. The molecule has 0 radical (unpaired) electrons. The Morgan fingerprint density at radius 3 is 2.62 bits per heavy atom. The number of thiazole rings is 1. The topological polar surface area (TPSA) is 78.9 Å². The minimum atomic E-state index is -4.68. The summed E-state index contributed by atoms with van der Waals surface area (Å²) in [5.74, 6) is 0. The van der Waals surface area contributed by atoms with Crippen molar-refractivity contribution in [2.24, 2.45) is 0 Å². The van der Waals surface area contributed by atoms with Crippen molar-refractivity contribution < 1.29 is 17.6 Å². The second-order valence-electron chi connectivity index (χ2n) is 6.91. The number of hydrogen-bond acceptors (Lipinski definition) is 6. The molecule has 4 aromatic rings. The van der Waals surface area contributed by atoms with Crippen LogP contribution in [0.25, 0.3) is 27.8 Å². The minimum Gasteiger partial charge on any atom is -0.423 e. The van der Waals surface area contributed by atoms with Gasteiger partial charge in [0.2, 0.25) is 0 Å². The van der Waals surface area contributed by atoms with Crippen molar-refractivity contribution in [2.75, 3.05) is 5.32 Å². The maximum atomic E-state index is 13.2. The van der Waals surface area contributed by atoms with E-state index in [4.69, 9.17) is 4.42 Å². The van der Waals surface area contributed by atoms with Gasteiger partial charge >= 0.3 is 11.8 Å². The average molecular weight is 453 g/mol. The van der Waals surface area contributed by atoms with E-state index in [1.54, 1.807) is 0 Å². The normalized spacial score (nSPS) is 12.0. The molecule has 0 bridgehead atoms. The van der Waals surface area contributed by atoms with Gasteiger partial charge in [-0.25, -0.2) is 9.78 Å². The van der Waals surface area contributed by atoms with E-state index in [0.717, 1.165) is 16.8 Å². The Morgan fingerprint density at radius 2 is 1.94 bits per heavy atom. The van der Waals surface area contributed by atoms with Crippen LogP contribution in [0, 0.1) is 18.3 Å². The SMILES string of the molecule is Cc1ccc(-c2csc(C(C#N)=CNc3ccc4c(C(F)(F)F)cc(=O)oc4c3)n2)cc1. The number of allylic oxidation sites excluding steroid dienone is 1. The van der Waals surface area contributed by atoms with Crippen molar-refractivity contribution in [1.82, 2.24) is 4.98 Å². The lowest BCUT2D eigenvalue weighted by Crippen LogP contribution is -2.11. The predicted octanol–water partition coefficient (Wildman–Crippen LogP) is 6.22. The summed E-state index contributed by atoms with van der Waals surface area (Å²) in [7, 11) is 0. The molecule has 0 unspecified atom stereocenters. The Labute approximate surface area is 184 Å². The van der Waals surface area contributed by atoms with Gasteiger partial charge < -0.3 is 9.73 Å². The highest BCUT2D eigenvalue weighted by atomic mass is 32.1. The van der Waals surface area contributed by atoms with Crippen LogP contribution in [0.1, 0.15) is 16.1 Å². The van der Waals surface area contributed by atoms with Gasteiger partial charge in [-0.05, 0) is 19.1 Å². The van der Waals surface area contributed by atoms with Crippen LogP contribution in [0.2, 0.25) is 0 Å². The van der Waals surface area contributed by atoms with Gasteiger partial charge in [-0.15, -0.1) is 11.3 Å². The van der Waals surface area contributed by atoms with Crippen LogP contribution in [0.3, 0.4) is 0 Å². The Morgan fingerprint density at radius 1 is 1.19 bits per heavy atom. The van der Waals surface area contributed by atoms with Crippen molar-refractivity contribution in [3.05, 3.63) is 86.7 Å². The van der Waals surface area contributed by atoms with E-state index >= 15 is 0 Å². The molecule has 0 saturated heterocycles. The van der Waals surface area contributed by atoms with E-state index in [9.17, 15) is 23.2 Å². The molecule has 0 aliphatic carbocycles. The Balaban J connectivity index is 1.62. The molecule has 2 aromatic heterocycles. The molecule has 0 atom stereocenters. The highest BCUT2D eigenvalue weighted by Gasteiger charge is 2.33. The molecule has 0 aliphatic rings. The van der Waals surface area contributed by atoms with Crippen molar-refractivity contribution in [3.8, 4) is 17.3 Å². The first-order valence-corrected chi connectivity index (χ1v) is 10.2. The number of nitrogens with zero attached hydrogens (tertiary/aromatic N) is 2. The summed E-state index contributed by atoms with van der Waals surface area (Å²) in [5, 5.41) is 14.5. The van der Waals surface area contributed by atoms with E-state index in [0.29, 0.717) is 16.8 Å². The van der Waals surface area contributed by atoms with Gasteiger partial charge in [-0.1, -0.05) is 29.8 Å².